The first kappa shape index (κ1) is 22.3. The summed E-state index contributed by atoms with van der Waals surface area (Å²) < 4.78 is 5.40. The van der Waals surface area contributed by atoms with Crippen LogP contribution in [0.25, 0.3) is 0 Å². The van der Waals surface area contributed by atoms with E-state index < -0.39 is 5.92 Å². The van der Waals surface area contributed by atoms with Gasteiger partial charge < -0.3 is 20.3 Å². The van der Waals surface area contributed by atoms with Crippen molar-refractivity contribution < 1.29 is 19.1 Å². The fourth-order valence-corrected chi connectivity index (χ4v) is 3.63. The first-order chi connectivity index (χ1) is 14.9. The van der Waals surface area contributed by atoms with Crippen LogP contribution in [-0.2, 0) is 9.59 Å². The van der Waals surface area contributed by atoms with Gasteiger partial charge in [0.05, 0.1) is 30.0 Å². The molecule has 31 heavy (non-hydrogen) atoms. The molecule has 3 amide bonds. The number of methoxy groups -OCH3 is 1. The number of nitrogens with one attached hydrogen (secondary N) is 2. The van der Waals surface area contributed by atoms with Crippen LogP contribution in [0, 0.1) is 12.8 Å². The van der Waals surface area contributed by atoms with Gasteiger partial charge in [0.15, 0.2) is 0 Å². The number of rotatable bonds is 8. The summed E-state index contributed by atoms with van der Waals surface area (Å²) in [6.07, 6.45) is 1.98. The van der Waals surface area contributed by atoms with Gasteiger partial charge in [-0.15, -0.1) is 0 Å². The van der Waals surface area contributed by atoms with Crippen molar-refractivity contribution in [1.29, 1.82) is 0 Å². The van der Waals surface area contributed by atoms with Crippen LogP contribution in [0.4, 0.5) is 11.4 Å². The molecule has 0 radical (unpaired) electrons. The molecule has 7 heteroatoms. The first-order valence-corrected chi connectivity index (χ1v) is 10.6. The predicted octanol–water partition coefficient (Wildman–Crippen LogP) is 3.53. The number of unbranched alkanes of at least 4 members (excludes halogenated alkanes) is 1. The van der Waals surface area contributed by atoms with E-state index in [0.29, 0.717) is 29.2 Å². The summed E-state index contributed by atoms with van der Waals surface area (Å²) in [5.41, 5.74) is 2.52. The van der Waals surface area contributed by atoms with Crippen LogP contribution in [-0.4, -0.2) is 37.9 Å². The second kappa shape index (κ2) is 10.1. The fraction of sp³-hybridized carbons (Fsp3) is 0.375. The molecule has 3 rings (SSSR count). The lowest BCUT2D eigenvalue weighted by Crippen LogP contribution is -2.30. The normalized spacial score (nSPS) is 15.6. The molecule has 2 N–H and O–H groups in total. The van der Waals surface area contributed by atoms with Crippen molar-refractivity contribution in [2.75, 3.05) is 30.4 Å². The van der Waals surface area contributed by atoms with Gasteiger partial charge in [0.1, 0.15) is 5.75 Å². The maximum absolute atomic E-state index is 12.9. The van der Waals surface area contributed by atoms with E-state index in [1.54, 1.807) is 36.3 Å². The summed E-state index contributed by atoms with van der Waals surface area (Å²) in [5, 5.41) is 5.72. The van der Waals surface area contributed by atoms with E-state index in [1.807, 2.05) is 25.1 Å². The van der Waals surface area contributed by atoms with Crippen LogP contribution < -0.4 is 20.3 Å². The van der Waals surface area contributed by atoms with Crippen LogP contribution in [0.2, 0.25) is 0 Å². The molecule has 0 saturated carbocycles. The van der Waals surface area contributed by atoms with Crippen LogP contribution in [0.15, 0.2) is 42.5 Å². The number of carbonyl (C=O) groups is 3. The molecule has 1 atom stereocenters. The van der Waals surface area contributed by atoms with Gasteiger partial charge in [-0.2, -0.15) is 0 Å². The van der Waals surface area contributed by atoms with Crippen LogP contribution in [0.5, 0.6) is 5.75 Å². The predicted molar refractivity (Wildman–Crippen MR) is 121 cm³/mol. The lowest BCUT2D eigenvalue weighted by atomic mass is 10.1. The van der Waals surface area contributed by atoms with E-state index in [1.165, 1.54) is 0 Å². The van der Waals surface area contributed by atoms with E-state index in [4.69, 9.17) is 4.74 Å². The smallest absolute Gasteiger partial charge is 0.253 e. The number of anilines is 2. The zero-order chi connectivity index (χ0) is 22.4. The van der Waals surface area contributed by atoms with Crippen LogP contribution in [0.1, 0.15) is 42.1 Å². The topological polar surface area (TPSA) is 87.7 Å². The molecule has 2 aromatic carbocycles. The van der Waals surface area contributed by atoms with Crippen LogP contribution in [0.3, 0.4) is 0 Å². The van der Waals surface area contributed by atoms with Crippen molar-refractivity contribution in [3.05, 3.63) is 53.6 Å². The van der Waals surface area contributed by atoms with Crippen molar-refractivity contribution in [2.24, 2.45) is 5.92 Å². The minimum absolute atomic E-state index is 0.105. The van der Waals surface area contributed by atoms with Crippen LogP contribution >= 0.6 is 0 Å². The summed E-state index contributed by atoms with van der Waals surface area (Å²) in [7, 11) is 1.56. The quantitative estimate of drug-likeness (QED) is 0.636. The average Bonchev–Trinajstić information content (AvgIpc) is 3.15. The number of para-hydroxylation sites is 1. The fourth-order valence-electron chi connectivity index (χ4n) is 3.63. The Hall–Kier alpha value is -3.35. The standard InChI is InChI=1S/C24H29N3O4/c1-4-5-12-25-24(30)18-8-6-7-9-19(18)26-23(29)17-14-22(28)27(15-17)20-13-16(2)10-11-21(20)31-3/h6-11,13,17H,4-5,12,14-15H2,1-3H3,(H,25,30)(H,26,29). The second-order valence-corrected chi connectivity index (χ2v) is 7.72. The van der Waals surface area contributed by atoms with Crippen molar-refractivity contribution in [3.8, 4) is 5.75 Å². The minimum atomic E-state index is -0.520. The summed E-state index contributed by atoms with van der Waals surface area (Å²) in [6.45, 7) is 4.84. The highest BCUT2D eigenvalue weighted by Gasteiger charge is 2.36. The molecule has 0 bridgehead atoms. The molecule has 0 aliphatic carbocycles. The van der Waals surface area contributed by atoms with Gasteiger partial charge in [-0.3, -0.25) is 14.4 Å². The maximum Gasteiger partial charge on any atom is 0.253 e. The Balaban J connectivity index is 1.72. The second-order valence-electron chi connectivity index (χ2n) is 7.72. The number of ether oxygens (including phenoxy) is 1. The highest BCUT2D eigenvalue weighted by Crippen LogP contribution is 2.34. The van der Waals surface area contributed by atoms with Gasteiger partial charge in [-0.1, -0.05) is 31.5 Å². The Kier molecular flexibility index (Phi) is 7.28. The van der Waals surface area contributed by atoms with Gasteiger partial charge in [0.25, 0.3) is 5.91 Å². The number of benzene rings is 2. The number of hydrogen-bond acceptors (Lipinski definition) is 4. The summed E-state index contributed by atoms with van der Waals surface area (Å²) >= 11 is 0. The third-order valence-electron chi connectivity index (χ3n) is 5.37. The van der Waals surface area contributed by atoms with Gasteiger partial charge in [0.2, 0.25) is 11.8 Å². The Bertz CT molecular complexity index is 973. The molecule has 1 fully saturated rings. The molecule has 1 unspecified atom stereocenters. The number of carbonyl (C=O) groups excluding carboxylic acids is 3. The summed E-state index contributed by atoms with van der Waals surface area (Å²) in [6, 6.07) is 12.5. The number of hydrogen-bond donors (Lipinski definition) is 2. The van der Waals surface area contributed by atoms with Crippen molar-refractivity contribution in [2.45, 2.75) is 33.1 Å². The van der Waals surface area contributed by atoms with E-state index in [9.17, 15) is 14.4 Å². The van der Waals surface area contributed by atoms with Gasteiger partial charge in [-0.25, -0.2) is 0 Å². The zero-order valence-electron chi connectivity index (χ0n) is 18.2. The largest absolute Gasteiger partial charge is 0.495 e. The summed E-state index contributed by atoms with van der Waals surface area (Å²) in [4.78, 5) is 39.7. The molecule has 1 heterocycles. The monoisotopic (exact) mass is 423 g/mol. The number of amides is 3. The Morgan fingerprint density at radius 3 is 2.71 bits per heavy atom. The SMILES string of the molecule is CCCCNC(=O)c1ccccc1NC(=O)C1CC(=O)N(c2cc(C)ccc2OC)C1. The van der Waals surface area contributed by atoms with Gasteiger partial charge in [0, 0.05) is 19.5 Å². The molecule has 1 aliphatic rings. The maximum atomic E-state index is 12.9. The molecule has 0 spiro atoms. The summed E-state index contributed by atoms with van der Waals surface area (Å²) in [5.74, 6) is -0.563. The highest BCUT2D eigenvalue weighted by molar-refractivity contribution is 6.07. The number of aryl methyl sites for hydroxylation is 1. The van der Waals surface area contributed by atoms with Gasteiger partial charge in [-0.05, 0) is 43.2 Å². The first-order valence-electron chi connectivity index (χ1n) is 10.6. The molecule has 1 aliphatic heterocycles. The number of nitrogens with zero attached hydrogens (tertiary/aromatic N) is 1. The Labute approximate surface area is 182 Å². The average molecular weight is 424 g/mol. The van der Waals surface area contributed by atoms with E-state index in [-0.39, 0.29) is 30.7 Å². The molecule has 0 aromatic heterocycles. The molecule has 1 saturated heterocycles. The van der Waals surface area contributed by atoms with E-state index in [0.717, 1.165) is 18.4 Å². The lowest BCUT2D eigenvalue weighted by molar-refractivity contribution is -0.122. The molecular weight excluding hydrogens is 394 g/mol. The molecule has 164 valence electrons. The zero-order valence-corrected chi connectivity index (χ0v) is 18.2. The lowest BCUT2D eigenvalue weighted by Gasteiger charge is -2.20. The van der Waals surface area contributed by atoms with E-state index in [2.05, 4.69) is 17.6 Å². The third-order valence-corrected chi connectivity index (χ3v) is 5.37. The Morgan fingerprint density at radius 1 is 1.19 bits per heavy atom. The Morgan fingerprint density at radius 2 is 1.97 bits per heavy atom. The molecule has 2 aromatic rings. The van der Waals surface area contributed by atoms with Crippen molar-refractivity contribution in [1.82, 2.24) is 5.32 Å². The van der Waals surface area contributed by atoms with Crippen molar-refractivity contribution in [3.63, 3.8) is 0 Å². The highest BCUT2D eigenvalue weighted by atomic mass is 16.5. The third kappa shape index (κ3) is 5.23. The minimum Gasteiger partial charge on any atom is -0.495 e. The van der Waals surface area contributed by atoms with E-state index >= 15 is 0 Å². The van der Waals surface area contributed by atoms with Gasteiger partial charge >= 0.3 is 0 Å². The molecule has 7 nitrogen and oxygen atoms in total. The van der Waals surface area contributed by atoms with Crippen molar-refractivity contribution >= 4 is 29.1 Å². The molecular formula is C24H29N3O4.